The molecule has 3 rings (SSSR count). The Labute approximate surface area is 143 Å². The molecule has 0 spiro atoms. The Morgan fingerprint density at radius 3 is 2.75 bits per heavy atom. The van der Waals surface area contributed by atoms with Gasteiger partial charge in [-0.05, 0) is 43.0 Å². The molecule has 122 valence electrons. The third kappa shape index (κ3) is 3.33. The zero-order valence-electron chi connectivity index (χ0n) is 12.9. The minimum atomic E-state index is -0.375. The average Bonchev–Trinajstić information content (AvgIpc) is 2.84. The molecular formula is C18H15FN2O2S. The Bertz CT molecular complexity index is 848. The largest absolute Gasteiger partial charge is 0.508 e. The zero-order chi connectivity index (χ0) is 17.1. The Morgan fingerprint density at radius 2 is 2.04 bits per heavy atom. The molecule has 1 aliphatic rings. The number of hydrogen-bond acceptors (Lipinski definition) is 4. The molecule has 0 aromatic heterocycles. The average molecular weight is 342 g/mol. The lowest BCUT2D eigenvalue weighted by Crippen LogP contribution is -2.28. The van der Waals surface area contributed by atoms with Crippen LogP contribution in [0.15, 0.2) is 58.4 Å². The SMILES string of the molecule is CCN1C(=O)/C(=C/c2ccccc2F)SC1=Nc1cccc(O)c1. The van der Waals surface area contributed by atoms with Gasteiger partial charge in [0.2, 0.25) is 0 Å². The van der Waals surface area contributed by atoms with Gasteiger partial charge in [0.15, 0.2) is 5.17 Å². The normalized spacial score (nSPS) is 17.9. The van der Waals surface area contributed by atoms with Crippen LogP contribution in [0.5, 0.6) is 5.75 Å². The highest BCUT2D eigenvalue weighted by atomic mass is 32.2. The van der Waals surface area contributed by atoms with Crippen molar-refractivity contribution in [3.63, 3.8) is 0 Å². The molecule has 0 unspecified atom stereocenters. The molecule has 1 fully saturated rings. The Hall–Kier alpha value is -2.60. The number of nitrogens with zero attached hydrogens (tertiary/aromatic N) is 2. The number of thioether (sulfide) groups is 1. The number of phenols is 1. The van der Waals surface area contributed by atoms with Crippen LogP contribution in [0, 0.1) is 5.82 Å². The second-order valence-electron chi connectivity index (χ2n) is 5.10. The summed E-state index contributed by atoms with van der Waals surface area (Å²) >= 11 is 1.19. The van der Waals surface area contributed by atoms with Gasteiger partial charge in [0.25, 0.3) is 5.91 Å². The number of aromatic hydroxyl groups is 1. The van der Waals surface area contributed by atoms with Crippen molar-refractivity contribution in [2.75, 3.05) is 6.54 Å². The van der Waals surface area contributed by atoms with E-state index in [2.05, 4.69) is 4.99 Å². The van der Waals surface area contributed by atoms with E-state index < -0.39 is 0 Å². The minimum absolute atomic E-state index is 0.108. The number of aliphatic imine (C=N–C) groups is 1. The molecular weight excluding hydrogens is 327 g/mol. The van der Waals surface area contributed by atoms with E-state index in [1.165, 1.54) is 34.9 Å². The fourth-order valence-corrected chi connectivity index (χ4v) is 3.33. The molecule has 24 heavy (non-hydrogen) atoms. The third-order valence-electron chi connectivity index (χ3n) is 3.45. The van der Waals surface area contributed by atoms with Crippen molar-refractivity contribution in [1.29, 1.82) is 0 Å². The summed E-state index contributed by atoms with van der Waals surface area (Å²) in [5.74, 6) is -0.471. The summed E-state index contributed by atoms with van der Waals surface area (Å²) in [6, 6.07) is 12.8. The van der Waals surface area contributed by atoms with Crippen molar-refractivity contribution in [2.24, 2.45) is 4.99 Å². The molecule has 1 amide bonds. The maximum atomic E-state index is 13.8. The van der Waals surface area contributed by atoms with E-state index in [-0.39, 0.29) is 17.5 Å². The van der Waals surface area contributed by atoms with Crippen LogP contribution in [0.1, 0.15) is 12.5 Å². The van der Waals surface area contributed by atoms with Crippen molar-refractivity contribution in [1.82, 2.24) is 4.90 Å². The highest BCUT2D eigenvalue weighted by molar-refractivity contribution is 8.18. The lowest BCUT2D eigenvalue weighted by Gasteiger charge is -2.12. The van der Waals surface area contributed by atoms with Crippen molar-refractivity contribution >= 4 is 34.6 Å². The van der Waals surface area contributed by atoms with Crippen LogP contribution in [-0.2, 0) is 4.79 Å². The number of benzene rings is 2. The van der Waals surface area contributed by atoms with Gasteiger partial charge in [-0.15, -0.1) is 0 Å². The summed E-state index contributed by atoms with van der Waals surface area (Å²) in [7, 11) is 0. The predicted molar refractivity (Wildman–Crippen MR) is 94.6 cm³/mol. The Balaban J connectivity index is 1.96. The number of carbonyl (C=O) groups excluding carboxylic acids is 1. The van der Waals surface area contributed by atoms with E-state index in [4.69, 9.17) is 0 Å². The predicted octanol–water partition coefficient (Wildman–Crippen LogP) is 4.16. The first-order valence-corrected chi connectivity index (χ1v) is 8.24. The lowest BCUT2D eigenvalue weighted by atomic mass is 10.2. The van der Waals surface area contributed by atoms with Gasteiger partial charge in [-0.25, -0.2) is 9.38 Å². The van der Waals surface area contributed by atoms with Crippen LogP contribution >= 0.6 is 11.8 Å². The van der Waals surface area contributed by atoms with E-state index in [9.17, 15) is 14.3 Å². The van der Waals surface area contributed by atoms with Gasteiger partial charge in [-0.3, -0.25) is 9.69 Å². The quantitative estimate of drug-likeness (QED) is 0.853. The first-order chi connectivity index (χ1) is 11.6. The maximum Gasteiger partial charge on any atom is 0.266 e. The number of carbonyl (C=O) groups is 1. The Morgan fingerprint density at radius 1 is 1.25 bits per heavy atom. The van der Waals surface area contributed by atoms with Gasteiger partial charge in [0.1, 0.15) is 11.6 Å². The number of rotatable bonds is 3. The standard InChI is InChI=1S/C18H15FN2O2S/c1-2-21-17(23)16(10-12-6-3-4-9-15(12)19)24-18(21)20-13-7-5-8-14(22)11-13/h3-11,22H,2H2,1H3/b16-10-,20-18?. The zero-order valence-corrected chi connectivity index (χ0v) is 13.8. The first kappa shape index (κ1) is 16.3. The van der Waals surface area contributed by atoms with E-state index in [1.807, 2.05) is 6.92 Å². The third-order valence-corrected chi connectivity index (χ3v) is 4.46. The minimum Gasteiger partial charge on any atom is -0.508 e. The molecule has 1 saturated heterocycles. The molecule has 1 heterocycles. The molecule has 0 aliphatic carbocycles. The van der Waals surface area contributed by atoms with Gasteiger partial charge in [-0.1, -0.05) is 24.3 Å². The summed E-state index contributed by atoms with van der Waals surface area (Å²) in [5.41, 5.74) is 0.916. The van der Waals surface area contributed by atoms with Crippen LogP contribution < -0.4 is 0 Å². The molecule has 2 aromatic carbocycles. The molecule has 4 nitrogen and oxygen atoms in total. The van der Waals surface area contributed by atoms with E-state index in [1.54, 1.807) is 36.4 Å². The molecule has 1 N–H and O–H groups in total. The molecule has 0 saturated carbocycles. The summed E-state index contributed by atoms with van der Waals surface area (Å²) < 4.78 is 13.8. The number of likely N-dealkylation sites (N-methyl/N-ethyl adjacent to an activating group) is 1. The molecule has 0 atom stereocenters. The number of halogens is 1. The van der Waals surface area contributed by atoms with Gasteiger partial charge in [0.05, 0.1) is 10.6 Å². The fraction of sp³-hybridized carbons (Fsp3) is 0.111. The van der Waals surface area contributed by atoms with Crippen molar-refractivity contribution < 1.29 is 14.3 Å². The number of hydrogen-bond donors (Lipinski definition) is 1. The topological polar surface area (TPSA) is 52.9 Å². The van der Waals surface area contributed by atoms with Crippen LogP contribution in [0.2, 0.25) is 0 Å². The Kier molecular flexibility index (Phi) is 4.66. The summed E-state index contributed by atoms with van der Waals surface area (Å²) in [6.45, 7) is 2.31. The summed E-state index contributed by atoms with van der Waals surface area (Å²) in [5, 5.41) is 10.0. The molecule has 6 heteroatoms. The highest BCUT2D eigenvalue weighted by Crippen LogP contribution is 2.34. The van der Waals surface area contributed by atoms with Crippen LogP contribution in [0.25, 0.3) is 6.08 Å². The van der Waals surface area contributed by atoms with E-state index >= 15 is 0 Å². The second kappa shape index (κ2) is 6.88. The monoisotopic (exact) mass is 342 g/mol. The summed E-state index contributed by atoms with van der Waals surface area (Å²) in [6.07, 6.45) is 1.54. The van der Waals surface area contributed by atoms with Crippen LogP contribution in [0.4, 0.5) is 10.1 Å². The van der Waals surface area contributed by atoms with Crippen molar-refractivity contribution in [3.8, 4) is 5.75 Å². The van der Waals surface area contributed by atoms with Crippen molar-refractivity contribution in [2.45, 2.75) is 6.92 Å². The number of phenolic OH excluding ortho intramolecular Hbond substituents is 1. The summed E-state index contributed by atoms with van der Waals surface area (Å²) in [4.78, 5) is 18.9. The highest BCUT2D eigenvalue weighted by Gasteiger charge is 2.32. The number of amidine groups is 1. The first-order valence-electron chi connectivity index (χ1n) is 7.42. The lowest BCUT2D eigenvalue weighted by molar-refractivity contribution is -0.122. The van der Waals surface area contributed by atoms with Gasteiger partial charge < -0.3 is 5.11 Å². The molecule has 0 bridgehead atoms. The second-order valence-corrected chi connectivity index (χ2v) is 6.10. The number of amides is 1. The van der Waals surface area contributed by atoms with Crippen LogP contribution in [0.3, 0.4) is 0 Å². The molecule has 0 radical (unpaired) electrons. The van der Waals surface area contributed by atoms with Gasteiger partial charge in [-0.2, -0.15) is 0 Å². The van der Waals surface area contributed by atoms with E-state index in [0.29, 0.717) is 27.9 Å². The van der Waals surface area contributed by atoms with Crippen molar-refractivity contribution in [3.05, 3.63) is 64.8 Å². The van der Waals surface area contributed by atoms with E-state index in [0.717, 1.165) is 0 Å². The fourth-order valence-electron chi connectivity index (χ4n) is 2.28. The molecule has 2 aromatic rings. The smallest absolute Gasteiger partial charge is 0.266 e. The molecule has 1 aliphatic heterocycles. The van der Waals surface area contributed by atoms with Crippen LogP contribution in [-0.4, -0.2) is 27.6 Å². The van der Waals surface area contributed by atoms with Gasteiger partial charge in [0, 0.05) is 18.2 Å². The van der Waals surface area contributed by atoms with Gasteiger partial charge >= 0.3 is 0 Å². The maximum absolute atomic E-state index is 13.8.